The Balaban J connectivity index is 0.000000200. The van der Waals surface area contributed by atoms with Crippen LogP contribution in [-0.2, 0) is 0 Å². The number of allylic oxidation sites excluding steroid dienone is 2. The molecule has 4 heteroatoms. The molecule has 0 heterocycles. The van der Waals surface area contributed by atoms with E-state index in [2.05, 4.69) is 6.08 Å². The lowest BCUT2D eigenvalue weighted by Gasteiger charge is -2.11. The van der Waals surface area contributed by atoms with Gasteiger partial charge in [0, 0.05) is 5.92 Å². The van der Waals surface area contributed by atoms with E-state index in [1.165, 1.54) is 12.0 Å². The van der Waals surface area contributed by atoms with E-state index in [0.717, 1.165) is 24.0 Å². The molecule has 20 heavy (non-hydrogen) atoms. The summed E-state index contributed by atoms with van der Waals surface area (Å²) in [5, 5.41) is 36.2. The minimum absolute atomic E-state index is 0.0162. The molecular weight excluding hydrogens is 256 g/mol. The lowest BCUT2D eigenvalue weighted by atomic mass is 10.0. The van der Waals surface area contributed by atoms with Gasteiger partial charge in [-0.25, -0.2) is 0 Å². The highest BCUT2D eigenvalue weighted by Gasteiger charge is 2.27. The number of hydrogen-bond acceptors (Lipinski definition) is 4. The molecule has 0 aromatic rings. The Hall–Kier alpha value is -0.680. The minimum Gasteiger partial charge on any atom is -0.396 e. The zero-order chi connectivity index (χ0) is 15.1. The van der Waals surface area contributed by atoms with Crippen LogP contribution in [0.5, 0.6) is 0 Å². The maximum Gasteiger partial charge on any atom is 0.0778 e. The largest absolute Gasteiger partial charge is 0.396 e. The summed E-state index contributed by atoms with van der Waals surface area (Å²) in [6.07, 6.45) is 6.14. The SMILES string of the molecule is CC(C)=C1C(O)CCC1O.OCC(CO)C1=CCCC1. The van der Waals surface area contributed by atoms with Gasteiger partial charge in [0.15, 0.2) is 0 Å². The van der Waals surface area contributed by atoms with Crippen molar-refractivity contribution in [3.63, 3.8) is 0 Å². The summed E-state index contributed by atoms with van der Waals surface area (Å²) in [7, 11) is 0. The van der Waals surface area contributed by atoms with E-state index in [1.54, 1.807) is 0 Å². The van der Waals surface area contributed by atoms with Gasteiger partial charge in [0.05, 0.1) is 25.4 Å². The molecule has 0 aromatic carbocycles. The van der Waals surface area contributed by atoms with Gasteiger partial charge in [0.25, 0.3) is 0 Å². The number of aliphatic hydroxyl groups excluding tert-OH is 4. The zero-order valence-electron chi connectivity index (χ0n) is 12.5. The normalized spacial score (nSPS) is 25.6. The first-order valence-corrected chi connectivity index (χ1v) is 7.45. The summed E-state index contributed by atoms with van der Waals surface area (Å²) < 4.78 is 0. The van der Waals surface area contributed by atoms with Crippen LogP contribution in [0.15, 0.2) is 22.8 Å². The number of aliphatic hydroxyl groups is 4. The molecule has 1 saturated carbocycles. The second-order valence-corrected chi connectivity index (χ2v) is 5.80. The van der Waals surface area contributed by atoms with E-state index in [1.807, 2.05) is 13.8 Å². The third kappa shape index (κ3) is 4.70. The predicted molar refractivity (Wildman–Crippen MR) is 79.2 cm³/mol. The second-order valence-electron chi connectivity index (χ2n) is 5.80. The Morgan fingerprint density at radius 1 is 1.15 bits per heavy atom. The van der Waals surface area contributed by atoms with E-state index in [9.17, 15) is 10.2 Å². The summed E-state index contributed by atoms with van der Waals surface area (Å²) in [6.45, 7) is 4.02. The summed E-state index contributed by atoms with van der Waals surface area (Å²) in [5.41, 5.74) is 3.13. The Bertz CT molecular complexity index is 339. The quantitative estimate of drug-likeness (QED) is 0.593. The summed E-state index contributed by atoms with van der Waals surface area (Å²) >= 11 is 0. The highest BCUT2D eigenvalue weighted by Crippen LogP contribution is 2.27. The first-order valence-electron chi connectivity index (χ1n) is 7.45. The van der Waals surface area contributed by atoms with Gasteiger partial charge in [-0.15, -0.1) is 0 Å². The van der Waals surface area contributed by atoms with Crippen molar-refractivity contribution in [3.8, 4) is 0 Å². The fourth-order valence-corrected chi connectivity index (χ4v) is 2.87. The maximum atomic E-state index is 9.31. The fourth-order valence-electron chi connectivity index (χ4n) is 2.87. The molecule has 2 aliphatic carbocycles. The molecule has 0 amide bonds. The Kier molecular flexibility index (Phi) is 7.45. The molecule has 2 atom stereocenters. The minimum atomic E-state index is -0.389. The van der Waals surface area contributed by atoms with Gasteiger partial charge in [0.2, 0.25) is 0 Å². The van der Waals surface area contributed by atoms with Gasteiger partial charge in [-0.1, -0.05) is 17.2 Å². The number of hydrogen-bond donors (Lipinski definition) is 4. The van der Waals surface area contributed by atoms with Crippen LogP contribution in [-0.4, -0.2) is 45.8 Å². The molecule has 116 valence electrons. The molecule has 0 saturated heterocycles. The first kappa shape index (κ1) is 17.4. The van der Waals surface area contributed by atoms with Gasteiger partial charge in [0.1, 0.15) is 0 Å². The standard InChI is InChI=1S/2C8H14O2/c1-5(2)8-6(9)3-4-7(8)10;9-5-8(6-10)7-3-1-2-4-7/h6-7,9-10H,3-4H2,1-2H3;3,8-10H,1-2,4-6H2. The van der Waals surface area contributed by atoms with Crippen LogP contribution in [0.3, 0.4) is 0 Å². The fraction of sp³-hybridized carbons (Fsp3) is 0.750. The zero-order valence-corrected chi connectivity index (χ0v) is 12.5. The Labute approximate surface area is 121 Å². The molecule has 2 rings (SSSR count). The molecule has 0 aromatic heterocycles. The van der Waals surface area contributed by atoms with Crippen LogP contribution in [0, 0.1) is 5.92 Å². The molecule has 1 fully saturated rings. The van der Waals surface area contributed by atoms with Crippen molar-refractivity contribution < 1.29 is 20.4 Å². The molecule has 0 spiro atoms. The van der Waals surface area contributed by atoms with Crippen molar-refractivity contribution in [1.29, 1.82) is 0 Å². The maximum absolute atomic E-state index is 9.31. The molecule has 0 radical (unpaired) electrons. The molecule has 0 aliphatic heterocycles. The topological polar surface area (TPSA) is 80.9 Å². The third-order valence-corrected chi connectivity index (χ3v) is 4.05. The highest BCUT2D eigenvalue weighted by atomic mass is 16.3. The summed E-state index contributed by atoms with van der Waals surface area (Å²) in [4.78, 5) is 0. The third-order valence-electron chi connectivity index (χ3n) is 4.05. The predicted octanol–water partition coefficient (Wildman–Crippen LogP) is 1.54. The second kappa shape index (κ2) is 8.57. The Morgan fingerprint density at radius 3 is 2.00 bits per heavy atom. The molecule has 4 nitrogen and oxygen atoms in total. The lowest BCUT2D eigenvalue weighted by molar-refractivity contribution is 0.169. The van der Waals surface area contributed by atoms with Crippen molar-refractivity contribution in [1.82, 2.24) is 0 Å². The van der Waals surface area contributed by atoms with Crippen molar-refractivity contribution in [2.24, 2.45) is 5.92 Å². The van der Waals surface area contributed by atoms with Crippen LogP contribution in [0.4, 0.5) is 0 Å². The Morgan fingerprint density at radius 2 is 1.70 bits per heavy atom. The van der Waals surface area contributed by atoms with Gasteiger partial charge in [-0.3, -0.25) is 0 Å². The lowest BCUT2D eigenvalue weighted by Crippen LogP contribution is -2.12. The van der Waals surface area contributed by atoms with E-state index >= 15 is 0 Å². The molecule has 4 N–H and O–H groups in total. The molecule has 0 bridgehead atoms. The number of rotatable bonds is 3. The van der Waals surface area contributed by atoms with Crippen molar-refractivity contribution in [2.45, 2.75) is 58.2 Å². The van der Waals surface area contributed by atoms with Crippen LogP contribution in [0.25, 0.3) is 0 Å². The van der Waals surface area contributed by atoms with E-state index in [0.29, 0.717) is 12.8 Å². The highest BCUT2D eigenvalue weighted by molar-refractivity contribution is 5.22. The van der Waals surface area contributed by atoms with E-state index in [-0.39, 0.29) is 31.3 Å². The van der Waals surface area contributed by atoms with Crippen molar-refractivity contribution >= 4 is 0 Å². The van der Waals surface area contributed by atoms with Crippen LogP contribution in [0.2, 0.25) is 0 Å². The average molecular weight is 284 g/mol. The van der Waals surface area contributed by atoms with Gasteiger partial charge in [-0.05, 0) is 51.5 Å². The molecule has 2 unspecified atom stereocenters. The van der Waals surface area contributed by atoms with Crippen molar-refractivity contribution in [3.05, 3.63) is 22.8 Å². The van der Waals surface area contributed by atoms with Gasteiger partial charge in [-0.2, -0.15) is 0 Å². The van der Waals surface area contributed by atoms with E-state index < -0.39 is 0 Å². The molecular formula is C16H28O4. The summed E-state index contributed by atoms with van der Waals surface area (Å²) in [6, 6.07) is 0. The first-order chi connectivity index (χ1) is 9.51. The average Bonchev–Trinajstić information content (AvgIpc) is 3.02. The van der Waals surface area contributed by atoms with Crippen LogP contribution >= 0.6 is 0 Å². The van der Waals surface area contributed by atoms with Crippen molar-refractivity contribution in [2.75, 3.05) is 13.2 Å². The van der Waals surface area contributed by atoms with Crippen LogP contribution < -0.4 is 0 Å². The van der Waals surface area contributed by atoms with Gasteiger partial charge >= 0.3 is 0 Å². The van der Waals surface area contributed by atoms with Gasteiger partial charge < -0.3 is 20.4 Å². The van der Waals surface area contributed by atoms with Crippen LogP contribution in [0.1, 0.15) is 46.0 Å². The smallest absolute Gasteiger partial charge is 0.0778 e. The summed E-state index contributed by atoms with van der Waals surface area (Å²) in [5.74, 6) is 0.0162. The monoisotopic (exact) mass is 284 g/mol. The molecule has 2 aliphatic rings. The van der Waals surface area contributed by atoms with E-state index in [4.69, 9.17) is 10.2 Å².